The molecule has 0 atom stereocenters. The Morgan fingerprint density at radius 2 is 2.14 bits per heavy atom. The zero-order valence-electron chi connectivity index (χ0n) is 8.93. The molecular weight excluding hydrogens is 172 g/mol. The molecular formula is C12H18N2. The number of aryl methyl sites for hydroxylation is 1. The van der Waals surface area contributed by atoms with E-state index in [4.69, 9.17) is 0 Å². The van der Waals surface area contributed by atoms with Crippen molar-refractivity contribution in [2.24, 2.45) is 5.92 Å². The lowest BCUT2D eigenvalue weighted by Crippen LogP contribution is -2.45. The topological polar surface area (TPSA) is 24.1 Å². The molecule has 1 aromatic carbocycles. The van der Waals surface area contributed by atoms with E-state index in [1.807, 2.05) is 0 Å². The molecule has 0 aromatic heterocycles. The zero-order valence-corrected chi connectivity index (χ0v) is 8.93. The van der Waals surface area contributed by atoms with Gasteiger partial charge in [0.15, 0.2) is 0 Å². The Bertz CT molecular complexity index is 316. The third-order valence-electron chi connectivity index (χ3n) is 3.05. The van der Waals surface area contributed by atoms with Crippen LogP contribution < -0.4 is 10.6 Å². The Kier molecular flexibility index (Phi) is 2.73. The number of anilines is 1. The molecule has 1 saturated heterocycles. The maximum atomic E-state index is 3.52. The van der Waals surface area contributed by atoms with Crippen LogP contribution in [0.2, 0.25) is 0 Å². The minimum Gasteiger partial charge on any atom is -0.384 e. The first-order valence-electron chi connectivity index (χ1n) is 5.28. The lowest BCUT2D eigenvalue weighted by molar-refractivity contribution is 0.365. The van der Waals surface area contributed by atoms with E-state index in [1.165, 1.54) is 16.8 Å². The van der Waals surface area contributed by atoms with Gasteiger partial charge >= 0.3 is 0 Å². The molecule has 0 bridgehead atoms. The van der Waals surface area contributed by atoms with Crippen LogP contribution in [0.25, 0.3) is 0 Å². The fourth-order valence-electron chi connectivity index (χ4n) is 1.69. The predicted molar refractivity (Wildman–Crippen MR) is 60.8 cm³/mol. The Hall–Kier alpha value is -1.02. The maximum absolute atomic E-state index is 3.52. The summed E-state index contributed by atoms with van der Waals surface area (Å²) < 4.78 is 0. The molecule has 2 heteroatoms. The zero-order chi connectivity index (χ0) is 9.97. The number of hydrogen-bond donors (Lipinski definition) is 2. The molecule has 0 saturated carbocycles. The average Bonchev–Trinajstić information content (AvgIpc) is 2.09. The number of benzene rings is 1. The molecule has 76 valence electrons. The van der Waals surface area contributed by atoms with Crippen molar-refractivity contribution in [2.75, 3.05) is 25.0 Å². The fraction of sp³-hybridized carbons (Fsp3) is 0.500. The minimum absolute atomic E-state index is 0.815. The summed E-state index contributed by atoms with van der Waals surface area (Å²) in [5.74, 6) is 0.815. The summed E-state index contributed by atoms with van der Waals surface area (Å²) >= 11 is 0. The van der Waals surface area contributed by atoms with Crippen molar-refractivity contribution in [3.05, 3.63) is 29.3 Å². The highest BCUT2D eigenvalue weighted by molar-refractivity contribution is 5.53. The molecule has 2 N–H and O–H groups in total. The van der Waals surface area contributed by atoms with Crippen LogP contribution in [0.1, 0.15) is 11.1 Å². The van der Waals surface area contributed by atoms with Crippen LogP contribution >= 0.6 is 0 Å². The van der Waals surface area contributed by atoms with Crippen LogP contribution in [0.4, 0.5) is 5.69 Å². The SMILES string of the molecule is Cc1cccc(NCC2CNC2)c1C. The molecule has 1 aromatic rings. The highest BCUT2D eigenvalue weighted by atomic mass is 15.0. The van der Waals surface area contributed by atoms with Gasteiger partial charge in [-0.2, -0.15) is 0 Å². The van der Waals surface area contributed by atoms with E-state index < -0.39 is 0 Å². The van der Waals surface area contributed by atoms with Gasteiger partial charge in [-0.25, -0.2) is 0 Å². The summed E-state index contributed by atoms with van der Waals surface area (Å²) in [6.07, 6.45) is 0. The van der Waals surface area contributed by atoms with Crippen LogP contribution in [0.15, 0.2) is 18.2 Å². The van der Waals surface area contributed by atoms with Gasteiger partial charge in [-0.15, -0.1) is 0 Å². The van der Waals surface area contributed by atoms with Crippen molar-refractivity contribution in [1.29, 1.82) is 0 Å². The van der Waals surface area contributed by atoms with Crippen molar-refractivity contribution in [3.63, 3.8) is 0 Å². The van der Waals surface area contributed by atoms with E-state index in [1.54, 1.807) is 0 Å². The molecule has 2 nitrogen and oxygen atoms in total. The standard InChI is InChI=1S/C12H18N2/c1-9-4-3-5-12(10(9)2)14-8-11-6-13-7-11/h3-5,11,13-14H,6-8H2,1-2H3. The Balaban J connectivity index is 1.97. The molecule has 1 aliphatic rings. The first kappa shape index (κ1) is 9.53. The fourth-order valence-corrected chi connectivity index (χ4v) is 1.69. The van der Waals surface area contributed by atoms with E-state index >= 15 is 0 Å². The summed E-state index contributed by atoms with van der Waals surface area (Å²) in [6.45, 7) is 7.76. The van der Waals surface area contributed by atoms with Gasteiger partial charge in [0.2, 0.25) is 0 Å². The first-order chi connectivity index (χ1) is 6.77. The average molecular weight is 190 g/mol. The molecule has 0 unspecified atom stereocenters. The highest BCUT2D eigenvalue weighted by Gasteiger charge is 2.16. The second-order valence-corrected chi connectivity index (χ2v) is 4.15. The van der Waals surface area contributed by atoms with Crippen molar-refractivity contribution in [2.45, 2.75) is 13.8 Å². The van der Waals surface area contributed by atoms with E-state index in [0.717, 1.165) is 25.6 Å². The number of rotatable bonds is 3. The van der Waals surface area contributed by atoms with Gasteiger partial charge in [-0.3, -0.25) is 0 Å². The van der Waals surface area contributed by atoms with Gasteiger partial charge in [-0.05, 0) is 31.0 Å². The molecule has 0 aliphatic carbocycles. The van der Waals surface area contributed by atoms with Crippen molar-refractivity contribution >= 4 is 5.69 Å². The van der Waals surface area contributed by atoms with E-state index in [0.29, 0.717) is 0 Å². The summed E-state index contributed by atoms with van der Waals surface area (Å²) in [5.41, 5.74) is 4.03. The van der Waals surface area contributed by atoms with Crippen LogP contribution in [-0.2, 0) is 0 Å². The second-order valence-electron chi connectivity index (χ2n) is 4.15. The summed E-state index contributed by atoms with van der Waals surface area (Å²) in [6, 6.07) is 6.43. The smallest absolute Gasteiger partial charge is 0.0372 e. The molecule has 2 rings (SSSR count). The summed E-state index contributed by atoms with van der Waals surface area (Å²) in [7, 11) is 0. The molecule has 1 heterocycles. The van der Waals surface area contributed by atoms with Gasteiger partial charge in [0, 0.05) is 31.2 Å². The third-order valence-corrected chi connectivity index (χ3v) is 3.05. The number of nitrogens with one attached hydrogen (secondary N) is 2. The Morgan fingerprint density at radius 3 is 2.79 bits per heavy atom. The van der Waals surface area contributed by atoms with Gasteiger partial charge in [0.05, 0.1) is 0 Å². The Morgan fingerprint density at radius 1 is 1.36 bits per heavy atom. The number of hydrogen-bond acceptors (Lipinski definition) is 2. The third kappa shape index (κ3) is 1.90. The lowest BCUT2D eigenvalue weighted by Gasteiger charge is -2.28. The van der Waals surface area contributed by atoms with Crippen molar-refractivity contribution < 1.29 is 0 Å². The Labute approximate surface area is 85.7 Å². The minimum atomic E-state index is 0.815. The molecule has 1 aliphatic heterocycles. The van der Waals surface area contributed by atoms with E-state index in [9.17, 15) is 0 Å². The first-order valence-corrected chi connectivity index (χ1v) is 5.28. The molecule has 14 heavy (non-hydrogen) atoms. The monoisotopic (exact) mass is 190 g/mol. The lowest BCUT2D eigenvalue weighted by atomic mass is 10.0. The molecule has 1 fully saturated rings. The summed E-state index contributed by atoms with van der Waals surface area (Å²) in [4.78, 5) is 0. The van der Waals surface area contributed by atoms with E-state index in [2.05, 4.69) is 42.7 Å². The van der Waals surface area contributed by atoms with Gasteiger partial charge in [0.25, 0.3) is 0 Å². The van der Waals surface area contributed by atoms with Crippen LogP contribution in [0.3, 0.4) is 0 Å². The van der Waals surface area contributed by atoms with Gasteiger partial charge in [0.1, 0.15) is 0 Å². The van der Waals surface area contributed by atoms with Crippen molar-refractivity contribution in [3.8, 4) is 0 Å². The van der Waals surface area contributed by atoms with Crippen LogP contribution in [0, 0.1) is 19.8 Å². The molecule has 0 radical (unpaired) electrons. The molecule has 0 amide bonds. The van der Waals surface area contributed by atoms with E-state index in [-0.39, 0.29) is 0 Å². The summed E-state index contributed by atoms with van der Waals surface area (Å²) in [5, 5.41) is 6.80. The maximum Gasteiger partial charge on any atom is 0.0372 e. The second kappa shape index (κ2) is 4.01. The van der Waals surface area contributed by atoms with Crippen LogP contribution in [-0.4, -0.2) is 19.6 Å². The van der Waals surface area contributed by atoms with Crippen molar-refractivity contribution in [1.82, 2.24) is 5.32 Å². The highest BCUT2D eigenvalue weighted by Crippen LogP contribution is 2.18. The largest absolute Gasteiger partial charge is 0.384 e. The van der Waals surface area contributed by atoms with Gasteiger partial charge < -0.3 is 10.6 Å². The van der Waals surface area contributed by atoms with Crippen LogP contribution in [0.5, 0.6) is 0 Å². The normalized spacial score (nSPS) is 16.4. The molecule has 0 spiro atoms. The predicted octanol–water partition coefficient (Wildman–Crippen LogP) is 1.93. The van der Waals surface area contributed by atoms with Gasteiger partial charge in [-0.1, -0.05) is 12.1 Å². The quantitative estimate of drug-likeness (QED) is 0.761.